The summed E-state index contributed by atoms with van der Waals surface area (Å²) >= 11 is 0. The van der Waals surface area contributed by atoms with Gasteiger partial charge in [0.2, 0.25) is 0 Å². The Morgan fingerprint density at radius 3 is 1.74 bits per heavy atom. The summed E-state index contributed by atoms with van der Waals surface area (Å²) in [6.07, 6.45) is 0. The van der Waals surface area contributed by atoms with Gasteiger partial charge in [0.1, 0.15) is 20.4 Å². The van der Waals surface area contributed by atoms with Gasteiger partial charge in [-0.3, -0.25) is 13.7 Å². The first-order chi connectivity index (χ1) is 16.0. The molecular formula is C22H21O10S3. The fourth-order valence-corrected chi connectivity index (χ4v) is 6.19. The third-order valence-electron chi connectivity index (χ3n) is 5.33. The highest BCUT2D eigenvalue weighted by Crippen LogP contribution is 2.43. The van der Waals surface area contributed by atoms with E-state index in [1.54, 1.807) is 6.92 Å². The number of aryl methyl sites for hydroxylation is 2. The topological polar surface area (TPSA) is 172 Å². The maximum atomic E-state index is 12.3. The highest BCUT2D eigenvalue weighted by atomic mass is 32.2. The van der Waals surface area contributed by atoms with Gasteiger partial charge in [-0.15, -0.1) is 0 Å². The van der Waals surface area contributed by atoms with Crippen LogP contribution in [0.4, 0.5) is 0 Å². The molecule has 0 atom stereocenters. The maximum Gasteiger partial charge on any atom is 0.295 e. The van der Waals surface area contributed by atoms with E-state index in [-0.39, 0.29) is 39.1 Å². The third kappa shape index (κ3) is 5.24. The summed E-state index contributed by atoms with van der Waals surface area (Å²) in [5.74, 6) is 0.114. The minimum atomic E-state index is -4.97. The average Bonchev–Trinajstić information content (AvgIpc) is 2.72. The van der Waals surface area contributed by atoms with Crippen LogP contribution in [0.2, 0.25) is 0 Å². The van der Waals surface area contributed by atoms with Crippen LogP contribution in [0.15, 0.2) is 51.1 Å². The molecule has 0 bridgehead atoms. The van der Waals surface area contributed by atoms with Gasteiger partial charge in [0, 0.05) is 28.8 Å². The molecule has 0 heterocycles. The van der Waals surface area contributed by atoms with Crippen molar-refractivity contribution in [3.63, 3.8) is 0 Å². The van der Waals surface area contributed by atoms with Crippen LogP contribution in [-0.4, -0.2) is 46.0 Å². The zero-order valence-electron chi connectivity index (χ0n) is 18.9. The van der Waals surface area contributed by atoms with E-state index >= 15 is 0 Å². The maximum absolute atomic E-state index is 12.3. The van der Waals surface area contributed by atoms with Crippen molar-refractivity contribution in [2.75, 3.05) is 7.11 Å². The van der Waals surface area contributed by atoms with Gasteiger partial charge in [-0.05, 0) is 61.2 Å². The number of methoxy groups -OCH3 is 1. The van der Waals surface area contributed by atoms with Crippen molar-refractivity contribution in [2.24, 2.45) is 0 Å². The Morgan fingerprint density at radius 2 is 1.23 bits per heavy atom. The second-order valence-electron chi connectivity index (χ2n) is 7.74. The summed E-state index contributed by atoms with van der Waals surface area (Å²) < 4.78 is 108. The van der Waals surface area contributed by atoms with Gasteiger partial charge < -0.3 is 4.74 Å². The number of hydrogen-bond acceptors (Lipinski definition) is 7. The van der Waals surface area contributed by atoms with Crippen molar-refractivity contribution >= 4 is 30.4 Å². The van der Waals surface area contributed by atoms with Crippen molar-refractivity contribution in [2.45, 2.75) is 35.5 Å². The van der Waals surface area contributed by atoms with Crippen LogP contribution in [-0.2, 0) is 30.4 Å². The summed E-state index contributed by atoms with van der Waals surface area (Å²) in [6, 6.07) is 10.1. The van der Waals surface area contributed by atoms with E-state index in [1.165, 1.54) is 45.2 Å². The average molecular weight is 542 g/mol. The van der Waals surface area contributed by atoms with Crippen LogP contribution in [0.5, 0.6) is 5.75 Å². The molecular weight excluding hydrogens is 520 g/mol. The molecule has 10 nitrogen and oxygen atoms in total. The Bertz CT molecular complexity index is 1670. The summed E-state index contributed by atoms with van der Waals surface area (Å²) in [4.78, 5) is -1.95. The molecule has 3 N–H and O–H groups in total. The second kappa shape index (κ2) is 9.00. The van der Waals surface area contributed by atoms with Gasteiger partial charge in [-0.2, -0.15) is 25.3 Å². The van der Waals surface area contributed by atoms with Crippen LogP contribution >= 0.6 is 0 Å². The van der Waals surface area contributed by atoms with Gasteiger partial charge in [-0.25, -0.2) is 0 Å². The SMILES string of the molecule is COc1ccc(-c2c(C)[c]c(S(=O)(=O)O)c(-c3ccc(C)cc3S(=O)(=O)O)c2C)c(S(=O)(=O)O)c1. The molecule has 13 heteroatoms. The molecule has 3 rings (SSSR count). The van der Waals surface area contributed by atoms with Gasteiger partial charge >= 0.3 is 0 Å². The molecule has 0 aromatic heterocycles. The normalized spacial score (nSPS) is 12.5. The predicted molar refractivity (Wildman–Crippen MR) is 126 cm³/mol. The standard InChI is InChI=1S/C22H21O10S3/c1-12-5-7-17(18(9-12)33(23,24)25)22-14(3)21(13(2)10-20(22)35(29,30)31)16-8-6-15(32-4)11-19(16)34(26,27)28/h5-9,11H,1-4H3,(H,23,24,25)(H,26,27,28)(H,29,30,31). The van der Waals surface area contributed by atoms with Gasteiger partial charge in [0.15, 0.2) is 0 Å². The van der Waals surface area contributed by atoms with Crippen LogP contribution in [0.1, 0.15) is 16.7 Å². The lowest BCUT2D eigenvalue weighted by Gasteiger charge is -2.21. The summed E-state index contributed by atoms with van der Waals surface area (Å²) in [5.41, 5.74) is 0.0212. The molecule has 0 aliphatic heterocycles. The fraction of sp³-hybridized carbons (Fsp3) is 0.182. The van der Waals surface area contributed by atoms with Crippen LogP contribution in [0.3, 0.4) is 0 Å². The Kier molecular flexibility index (Phi) is 6.89. The molecule has 0 aliphatic carbocycles. The third-order valence-corrected chi connectivity index (χ3v) is 7.94. The first-order valence-corrected chi connectivity index (χ1v) is 14.1. The van der Waals surface area contributed by atoms with E-state index in [1.807, 2.05) is 0 Å². The minimum absolute atomic E-state index is 0.0395. The number of benzene rings is 3. The molecule has 187 valence electrons. The molecule has 3 aromatic carbocycles. The number of ether oxygens (including phenoxy) is 1. The summed E-state index contributed by atoms with van der Waals surface area (Å²) in [6.45, 7) is 4.33. The van der Waals surface area contributed by atoms with Gasteiger partial charge in [0.25, 0.3) is 30.4 Å². The quantitative estimate of drug-likeness (QED) is 0.392. The van der Waals surface area contributed by atoms with Crippen LogP contribution in [0.25, 0.3) is 22.3 Å². The lowest BCUT2D eigenvalue weighted by molar-refractivity contribution is 0.412. The molecule has 0 saturated carbocycles. The summed E-state index contributed by atoms with van der Waals surface area (Å²) in [5, 5.41) is 0. The van der Waals surface area contributed by atoms with Crippen molar-refractivity contribution in [1.82, 2.24) is 0 Å². The van der Waals surface area contributed by atoms with E-state index in [4.69, 9.17) is 4.74 Å². The molecule has 0 saturated heterocycles. The van der Waals surface area contributed by atoms with Crippen molar-refractivity contribution < 1.29 is 43.6 Å². The van der Waals surface area contributed by atoms with Gasteiger partial charge in [0.05, 0.1) is 7.11 Å². The highest BCUT2D eigenvalue weighted by Gasteiger charge is 2.29. The van der Waals surface area contributed by atoms with E-state index in [0.29, 0.717) is 5.56 Å². The van der Waals surface area contributed by atoms with Gasteiger partial charge in [-0.1, -0.05) is 12.1 Å². The van der Waals surface area contributed by atoms with Crippen molar-refractivity contribution in [3.8, 4) is 28.0 Å². The van der Waals surface area contributed by atoms with Crippen molar-refractivity contribution in [3.05, 3.63) is 59.2 Å². The van der Waals surface area contributed by atoms with E-state index in [9.17, 15) is 38.9 Å². The second-order valence-corrected chi connectivity index (χ2v) is 11.9. The zero-order chi connectivity index (χ0) is 26.5. The monoisotopic (exact) mass is 541 g/mol. The van der Waals surface area contributed by atoms with Crippen LogP contribution < -0.4 is 4.74 Å². The molecule has 35 heavy (non-hydrogen) atoms. The lowest BCUT2D eigenvalue weighted by Crippen LogP contribution is -2.10. The smallest absolute Gasteiger partial charge is 0.295 e. The molecule has 0 amide bonds. The molecule has 0 unspecified atom stereocenters. The Balaban J connectivity index is 2.59. The fourth-order valence-electron chi connectivity index (χ4n) is 3.89. The largest absolute Gasteiger partial charge is 0.497 e. The Hall–Kier alpha value is -2.81. The van der Waals surface area contributed by atoms with E-state index in [2.05, 4.69) is 6.07 Å². The Morgan fingerprint density at radius 1 is 0.714 bits per heavy atom. The first kappa shape index (κ1) is 26.8. The highest BCUT2D eigenvalue weighted by molar-refractivity contribution is 7.86. The van der Waals surface area contributed by atoms with Crippen molar-refractivity contribution in [1.29, 1.82) is 0 Å². The molecule has 0 fully saturated rings. The molecule has 1 radical (unpaired) electrons. The first-order valence-electron chi connectivity index (χ1n) is 9.75. The molecule has 3 aromatic rings. The van der Waals surface area contributed by atoms with E-state index < -0.39 is 45.0 Å². The lowest BCUT2D eigenvalue weighted by atomic mass is 9.89. The number of hydrogen-bond donors (Lipinski definition) is 3. The molecule has 0 spiro atoms. The molecule has 0 aliphatic rings. The summed E-state index contributed by atoms with van der Waals surface area (Å²) in [7, 11) is -13.3. The van der Waals surface area contributed by atoms with Crippen LogP contribution in [0, 0.1) is 26.8 Å². The zero-order valence-corrected chi connectivity index (χ0v) is 21.3. The Labute approximate surface area is 203 Å². The number of rotatable bonds is 6. The van der Waals surface area contributed by atoms with E-state index in [0.717, 1.165) is 12.1 Å². The predicted octanol–water partition coefficient (Wildman–Crippen LogP) is 3.49. The minimum Gasteiger partial charge on any atom is -0.497 e.